The monoisotopic (exact) mass is 480 g/mol. The van der Waals surface area contributed by atoms with Crippen molar-refractivity contribution in [2.24, 2.45) is 4.99 Å². The normalized spacial score (nSPS) is 15.8. The first kappa shape index (κ1) is 23.0. The lowest BCUT2D eigenvalue weighted by atomic mass is 10.2. The highest BCUT2D eigenvalue weighted by molar-refractivity contribution is 8.18. The maximum absolute atomic E-state index is 12.4. The van der Waals surface area contributed by atoms with Gasteiger partial charge in [-0.05, 0) is 54.6 Å². The number of thioether (sulfide) groups is 1. The van der Waals surface area contributed by atoms with E-state index < -0.39 is 5.97 Å². The first-order valence-electron chi connectivity index (χ1n) is 9.11. The van der Waals surface area contributed by atoms with Crippen molar-refractivity contribution in [1.82, 2.24) is 5.32 Å². The Hall–Kier alpha value is -2.68. The quantitative estimate of drug-likeness (QED) is 0.450. The zero-order valence-electron chi connectivity index (χ0n) is 16.6. The van der Waals surface area contributed by atoms with Gasteiger partial charge in [-0.15, -0.1) is 0 Å². The number of methoxy groups -OCH3 is 1. The van der Waals surface area contributed by atoms with Crippen molar-refractivity contribution < 1.29 is 23.8 Å². The summed E-state index contributed by atoms with van der Waals surface area (Å²) in [5, 5.41) is 3.79. The van der Waals surface area contributed by atoms with Crippen molar-refractivity contribution >= 4 is 63.8 Å². The molecule has 7 nitrogen and oxygen atoms in total. The summed E-state index contributed by atoms with van der Waals surface area (Å²) in [5.74, 6) is 0.0599. The van der Waals surface area contributed by atoms with E-state index in [1.807, 2.05) is 6.92 Å². The highest BCUT2D eigenvalue weighted by atomic mass is 35.5. The molecule has 1 heterocycles. The van der Waals surface area contributed by atoms with Crippen LogP contribution >= 0.6 is 35.0 Å². The molecule has 1 N–H and O–H groups in total. The van der Waals surface area contributed by atoms with Crippen molar-refractivity contribution in [3.05, 3.63) is 56.9 Å². The summed E-state index contributed by atoms with van der Waals surface area (Å²) in [5.41, 5.74) is 1.18. The lowest BCUT2D eigenvalue weighted by molar-refractivity contribution is -0.142. The van der Waals surface area contributed by atoms with Gasteiger partial charge in [0.05, 0.1) is 34.4 Å². The Bertz CT molecular complexity index is 1070. The average Bonchev–Trinajstić information content (AvgIpc) is 3.09. The molecular weight excluding hydrogens is 463 g/mol. The molecule has 31 heavy (non-hydrogen) atoms. The molecule has 0 aromatic heterocycles. The maximum atomic E-state index is 12.4. The number of carbonyl (C=O) groups excluding carboxylic acids is 2. The lowest BCUT2D eigenvalue weighted by Gasteiger charge is -2.12. The predicted octanol–water partition coefficient (Wildman–Crippen LogP) is 4.84. The smallest absolute Gasteiger partial charge is 0.343 e. The van der Waals surface area contributed by atoms with Gasteiger partial charge >= 0.3 is 5.97 Å². The molecule has 0 atom stereocenters. The molecule has 1 aliphatic rings. The summed E-state index contributed by atoms with van der Waals surface area (Å²) in [4.78, 5) is 28.5. The fourth-order valence-electron chi connectivity index (χ4n) is 2.52. The Morgan fingerprint density at radius 3 is 2.74 bits per heavy atom. The number of amides is 1. The Balaban J connectivity index is 1.81. The van der Waals surface area contributed by atoms with Gasteiger partial charge in [0.1, 0.15) is 0 Å². The molecule has 1 fully saturated rings. The van der Waals surface area contributed by atoms with Crippen molar-refractivity contribution in [1.29, 1.82) is 0 Å². The van der Waals surface area contributed by atoms with Crippen molar-refractivity contribution in [3.63, 3.8) is 0 Å². The van der Waals surface area contributed by atoms with E-state index in [0.717, 1.165) is 0 Å². The van der Waals surface area contributed by atoms with Crippen LogP contribution in [0.5, 0.6) is 11.5 Å². The number of hydrogen-bond acceptors (Lipinski definition) is 7. The Morgan fingerprint density at radius 1 is 1.19 bits per heavy atom. The number of hydrogen-bond donors (Lipinski definition) is 1. The van der Waals surface area contributed by atoms with Gasteiger partial charge in [-0.1, -0.05) is 35.3 Å². The molecule has 1 amide bonds. The van der Waals surface area contributed by atoms with E-state index in [1.54, 1.807) is 42.5 Å². The number of nitrogens with zero attached hydrogens (tertiary/aromatic N) is 1. The number of carbonyl (C=O) groups is 2. The Morgan fingerprint density at radius 2 is 2.00 bits per heavy atom. The molecule has 0 bridgehead atoms. The molecule has 0 aliphatic carbocycles. The molecular formula is C21H18Cl2N2O5S. The predicted molar refractivity (Wildman–Crippen MR) is 122 cm³/mol. The molecule has 162 valence electrons. The first-order valence-corrected chi connectivity index (χ1v) is 10.7. The number of nitrogens with one attached hydrogen (secondary N) is 1. The second kappa shape index (κ2) is 10.6. The van der Waals surface area contributed by atoms with Crippen LogP contribution in [-0.2, 0) is 14.3 Å². The summed E-state index contributed by atoms with van der Waals surface area (Å²) in [6, 6.07) is 10.2. The molecule has 2 aromatic rings. The van der Waals surface area contributed by atoms with Crippen LogP contribution in [0, 0.1) is 0 Å². The molecule has 0 radical (unpaired) electrons. The minimum Gasteiger partial charge on any atom is -0.490 e. The third-order valence-electron chi connectivity index (χ3n) is 3.94. The SMILES string of the molecule is CCOc1cc(/C=C2/SC(=Nc3cccc(Cl)c3Cl)NC2=O)ccc1OCC(=O)OC. The van der Waals surface area contributed by atoms with Crippen LogP contribution in [0.3, 0.4) is 0 Å². The maximum Gasteiger partial charge on any atom is 0.343 e. The number of amidine groups is 1. The minimum absolute atomic E-state index is 0.235. The van der Waals surface area contributed by atoms with Gasteiger partial charge in [-0.2, -0.15) is 0 Å². The number of ether oxygens (including phenoxy) is 3. The van der Waals surface area contributed by atoms with E-state index in [2.05, 4.69) is 15.0 Å². The number of benzene rings is 2. The van der Waals surface area contributed by atoms with Crippen molar-refractivity contribution in [2.45, 2.75) is 6.92 Å². The van der Waals surface area contributed by atoms with E-state index >= 15 is 0 Å². The highest BCUT2D eigenvalue weighted by Crippen LogP contribution is 2.35. The van der Waals surface area contributed by atoms with Gasteiger partial charge in [-0.25, -0.2) is 9.79 Å². The summed E-state index contributed by atoms with van der Waals surface area (Å²) >= 11 is 13.4. The molecule has 10 heteroatoms. The molecule has 3 rings (SSSR count). The molecule has 0 saturated carbocycles. The van der Waals surface area contributed by atoms with E-state index in [9.17, 15) is 9.59 Å². The zero-order valence-corrected chi connectivity index (χ0v) is 18.9. The lowest BCUT2D eigenvalue weighted by Crippen LogP contribution is -2.19. The van der Waals surface area contributed by atoms with Gasteiger partial charge in [0.2, 0.25) is 0 Å². The van der Waals surface area contributed by atoms with Gasteiger partial charge in [0.15, 0.2) is 23.3 Å². The van der Waals surface area contributed by atoms with E-state index in [4.69, 9.17) is 32.7 Å². The number of esters is 1. The average molecular weight is 481 g/mol. The fourth-order valence-corrected chi connectivity index (χ4v) is 3.69. The van der Waals surface area contributed by atoms with Crippen LogP contribution in [0.25, 0.3) is 6.08 Å². The van der Waals surface area contributed by atoms with Crippen LogP contribution in [0.15, 0.2) is 46.3 Å². The van der Waals surface area contributed by atoms with Gasteiger partial charge in [0.25, 0.3) is 5.91 Å². The Labute approximate surface area is 193 Å². The van der Waals surface area contributed by atoms with Gasteiger partial charge in [-0.3, -0.25) is 4.79 Å². The van der Waals surface area contributed by atoms with Crippen LogP contribution in [0.1, 0.15) is 12.5 Å². The summed E-state index contributed by atoms with van der Waals surface area (Å²) < 4.78 is 15.6. The van der Waals surface area contributed by atoms with Crippen molar-refractivity contribution in [3.8, 4) is 11.5 Å². The van der Waals surface area contributed by atoms with Crippen molar-refractivity contribution in [2.75, 3.05) is 20.3 Å². The highest BCUT2D eigenvalue weighted by Gasteiger charge is 2.24. The van der Waals surface area contributed by atoms with Crippen LogP contribution in [0.2, 0.25) is 10.0 Å². The molecule has 1 saturated heterocycles. The minimum atomic E-state index is -0.501. The summed E-state index contributed by atoms with van der Waals surface area (Å²) in [6.45, 7) is 2.00. The third-order valence-corrected chi connectivity index (χ3v) is 5.66. The molecule has 0 unspecified atom stereocenters. The fraction of sp³-hybridized carbons (Fsp3) is 0.190. The second-order valence-electron chi connectivity index (χ2n) is 6.06. The van der Waals surface area contributed by atoms with Crippen LogP contribution in [-0.4, -0.2) is 37.4 Å². The van der Waals surface area contributed by atoms with Crippen LogP contribution < -0.4 is 14.8 Å². The van der Waals surface area contributed by atoms with Crippen LogP contribution in [0.4, 0.5) is 5.69 Å². The molecule has 2 aromatic carbocycles. The van der Waals surface area contributed by atoms with E-state index in [1.165, 1.54) is 18.9 Å². The number of rotatable bonds is 7. The topological polar surface area (TPSA) is 86.2 Å². The summed E-state index contributed by atoms with van der Waals surface area (Å²) in [7, 11) is 1.28. The standard InChI is InChI=1S/C21H18Cl2N2O5S/c1-3-29-16-9-12(7-8-15(16)30-11-18(26)28-2)10-17-20(27)25-21(31-17)24-14-6-4-5-13(22)19(14)23/h4-10H,3,11H2,1-2H3,(H,24,25,27)/b17-10+. The first-order chi connectivity index (χ1) is 14.9. The van der Waals surface area contributed by atoms with Gasteiger partial charge in [0, 0.05) is 0 Å². The largest absolute Gasteiger partial charge is 0.490 e. The summed E-state index contributed by atoms with van der Waals surface area (Å²) in [6.07, 6.45) is 1.70. The second-order valence-corrected chi connectivity index (χ2v) is 7.87. The third kappa shape index (κ3) is 5.94. The van der Waals surface area contributed by atoms with E-state index in [-0.39, 0.29) is 12.5 Å². The van der Waals surface area contributed by atoms with Gasteiger partial charge < -0.3 is 19.5 Å². The number of halogens is 2. The Kier molecular flexibility index (Phi) is 7.84. The van der Waals surface area contributed by atoms with E-state index in [0.29, 0.717) is 49.5 Å². The molecule has 1 aliphatic heterocycles. The molecule has 0 spiro atoms. The number of aliphatic imine (C=N–C) groups is 1. The zero-order chi connectivity index (χ0) is 22.4.